The monoisotopic (exact) mass is 176 g/mol. The van der Waals surface area contributed by atoms with Crippen LogP contribution in [0.3, 0.4) is 0 Å². The molecule has 2 rings (SSSR count). The summed E-state index contributed by atoms with van der Waals surface area (Å²) in [6, 6.07) is 0. The number of fused-ring (bicyclic) bond motifs is 1. The number of ketones is 1. The Morgan fingerprint density at radius 3 is 3.08 bits per heavy atom. The average Bonchev–Trinajstić information content (AvgIpc) is 2.12. The van der Waals surface area contributed by atoms with Crippen LogP contribution in [0.1, 0.15) is 32.6 Å². The van der Waals surface area contributed by atoms with Gasteiger partial charge in [-0.15, -0.1) is 0 Å². The zero-order chi connectivity index (χ0) is 9.47. The van der Waals surface area contributed by atoms with E-state index < -0.39 is 0 Å². The summed E-state index contributed by atoms with van der Waals surface area (Å²) in [6.45, 7) is 6.18. The standard InChI is InChI=1S/C12H16O/c1-9-10-5-3-4-7-12(10,2)8-6-11(9)13/h6,8,10H,1,3-5,7H2,2H3. The molecule has 0 spiro atoms. The second-order valence-corrected chi connectivity index (χ2v) is 4.53. The van der Waals surface area contributed by atoms with Crippen molar-refractivity contribution < 1.29 is 4.79 Å². The molecule has 0 saturated heterocycles. The van der Waals surface area contributed by atoms with E-state index in [4.69, 9.17) is 0 Å². The predicted molar refractivity (Wildman–Crippen MR) is 53.4 cm³/mol. The van der Waals surface area contributed by atoms with Crippen molar-refractivity contribution in [1.82, 2.24) is 0 Å². The van der Waals surface area contributed by atoms with Gasteiger partial charge in [0.1, 0.15) is 0 Å². The average molecular weight is 176 g/mol. The van der Waals surface area contributed by atoms with Gasteiger partial charge in [-0.05, 0) is 35.8 Å². The van der Waals surface area contributed by atoms with Gasteiger partial charge < -0.3 is 0 Å². The van der Waals surface area contributed by atoms with Crippen molar-refractivity contribution in [3.05, 3.63) is 24.3 Å². The fraction of sp³-hybridized carbons (Fsp3) is 0.583. The van der Waals surface area contributed by atoms with Crippen molar-refractivity contribution in [1.29, 1.82) is 0 Å². The number of allylic oxidation sites excluding steroid dienone is 3. The summed E-state index contributed by atoms with van der Waals surface area (Å²) in [7, 11) is 0. The van der Waals surface area contributed by atoms with Crippen molar-refractivity contribution in [3.63, 3.8) is 0 Å². The molecule has 2 aliphatic carbocycles. The van der Waals surface area contributed by atoms with E-state index in [2.05, 4.69) is 19.6 Å². The summed E-state index contributed by atoms with van der Waals surface area (Å²) in [6.07, 6.45) is 8.71. The number of carbonyl (C=O) groups excluding carboxylic acids is 1. The third-order valence-corrected chi connectivity index (χ3v) is 3.61. The zero-order valence-electron chi connectivity index (χ0n) is 8.18. The highest BCUT2D eigenvalue weighted by Crippen LogP contribution is 2.47. The van der Waals surface area contributed by atoms with E-state index in [0.717, 1.165) is 12.0 Å². The van der Waals surface area contributed by atoms with Gasteiger partial charge in [-0.2, -0.15) is 0 Å². The fourth-order valence-corrected chi connectivity index (χ4v) is 2.67. The largest absolute Gasteiger partial charge is 0.290 e. The maximum Gasteiger partial charge on any atom is 0.181 e. The van der Waals surface area contributed by atoms with Crippen molar-refractivity contribution in [3.8, 4) is 0 Å². The fourth-order valence-electron chi connectivity index (χ4n) is 2.67. The number of hydrogen-bond acceptors (Lipinski definition) is 1. The molecular formula is C12H16O. The highest BCUT2D eigenvalue weighted by atomic mass is 16.1. The van der Waals surface area contributed by atoms with E-state index in [0.29, 0.717) is 5.92 Å². The first kappa shape index (κ1) is 8.74. The zero-order valence-corrected chi connectivity index (χ0v) is 8.18. The van der Waals surface area contributed by atoms with Crippen LogP contribution in [0.4, 0.5) is 0 Å². The lowest BCUT2D eigenvalue weighted by atomic mass is 9.62. The summed E-state index contributed by atoms with van der Waals surface area (Å²) in [5.41, 5.74) is 1.06. The van der Waals surface area contributed by atoms with Crippen LogP contribution in [-0.2, 0) is 4.79 Å². The van der Waals surface area contributed by atoms with E-state index in [1.807, 2.05) is 0 Å². The summed E-state index contributed by atoms with van der Waals surface area (Å²) in [5.74, 6) is 0.558. The topological polar surface area (TPSA) is 17.1 Å². The molecule has 0 bridgehead atoms. The molecule has 1 fully saturated rings. The molecule has 1 saturated carbocycles. The van der Waals surface area contributed by atoms with Gasteiger partial charge >= 0.3 is 0 Å². The highest BCUT2D eigenvalue weighted by molar-refractivity contribution is 6.05. The van der Waals surface area contributed by atoms with Crippen molar-refractivity contribution in [2.45, 2.75) is 32.6 Å². The summed E-state index contributed by atoms with van der Waals surface area (Å²) < 4.78 is 0. The van der Waals surface area contributed by atoms with Crippen molar-refractivity contribution in [2.24, 2.45) is 11.3 Å². The third kappa shape index (κ3) is 1.27. The Kier molecular flexibility index (Phi) is 1.90. The molecule has 0 aliphatic heterocycles. The normalized spacial score (nSPS) is 39.0. The van der Waals surface area contributed by atoms with Gasteiger partial charge in [0.25, 0.3) is 0 Å². The van der Waals surface area contributed by atoms with Crippen LogP contribution < -0.4 is 0 Å². The smallest absolute Gasteiger partial charge is 0.181 e. The van der Waals surface area contributed by atoms with Crippen LogP contribution in [0.5, 0.6) is 0 Å². The molecule has 0 heterocycles. The molecule has 0 aromatic rings. The van der Waals surface area contributed by atoms with Crippen LogP contribution in [0, 0.1) is 11.3 Å². The summed E-state index contributed by atoms with van der Waals surface area (Å²) in [5, 5.41) is 0. The van der Waals surface area contributed by atoms with Gasteiger partial charge in [0.2, 0.25) is 0 Å². The van der Waals surface area contributed by atoms with Gasteiger partial charge in [-0.25, -0.2) is 0 Å². The SMILES string of the molecule is C=C1C(=O)C=CC2(C)CCCCC12. The summed E-state index contributed by atoms with van der Waals surface area (Å²) >= 11 is 0. The highest BCUT2D eigenvalue weighted by Gasteiger charge is 2.39. The molecule has 2 atom stereocenters. The first-order chi connectivity index (χ1) is 6.13. The molecule has 70 valence electrons. The minimum atomic E-state index is 0.143. The molecule has 2 unspecified atom stereocenters. The first-order valence-corrected chi connectivity index (χ1v) is 5.06. The van der Waals surface area contributed by atoms with Crippen LogP contribution in [0.2, 0.25) is 0 Å². The van der Waals surface area contributed by atoms with Crippen LogP contribution in [-0.4, -0.2) is 5.78 Å². The van der Waals surface area contributed by atoms with Gasteiger partial charge in [0, 0.05) is 0 Å². The Morgan fingerprint density at radius 1 is 1.54 bits per heavy atom. The molecule has 1 heteroatoms. The number of rotatable bonds is 0. The van der Waals surface area contributed by atoms with Crippen LogP contribution >= 0.6 is 0 Å². The third-order valence-electron chi connectivity index (χ3n) is 3.61. The van der Waals surface area contributed by atoms with E-state index in [1.165, 1.54) is 19.3 Å². The minimum Gasteiger partial charge on any atom is -0.290 e. The first-order valence-electron chi connectivity index (χ1n) is 5.06. The molecule has 13 heavy (non-hydrogen) atoms. The molecule has 0 aromatic heterocycles. The summed E-state index contributed by atoms with van der Waals surface area (Å²) in [4.78, 5) is 11.4. The second kappa shape index (κ2) is 2.83. The Bertz CT molecular complexity index is 287. The van der Waals surface area contributed by atoms with Crippen molar-refractivity contribution >= 4 is 5.78 Å². The van der Waals surface area contributed by atoms with Crippen LogP contribution in [0.25, 0.3) is 0 Å². The quantitative estimate of drug-likeness (QED) is 0.519. The molecule has 1 nitrogen and oxygen atoms in total. The molecule has 0 amide bonds. The number of hydrogen-bond donors (Lipinski definition) is 0. The lowest BCUT2D eigenvalue weighted by molar-refractivity contribution is -0.112. The minimum absolute atomic E-state index is 0.143. The van der Waals surface area contributed by atoms with Crippen LogP contribution in [0.15, 0.2) is 24.3 Å². The second-order valence-electron chi connectivity index (χ2n) is 4.53. The maximum atomic E-state index is 11.4. The van der Waals surface area contributed by atoms with E-state index >= 15 is 0 Å². The molecule has 0 N–H and O–H groups in total. The lowest BCUT2D eigenvalue weighted by Crippen LogP contribution is -2.35. The van der Waals surface area contributed by atoms with Gasteiger partial charge in [-0.3, -0.25) is 4.79 Å². The molecular weight excluding hydrogens is 160 g/mol. The Morgan fingerprint density at radius 2 is 2.31 bits per heavy atom. The lowest BCUT2D eigenvalue weighted by Gasteiger charge is -2.42. The number of carbonyl (C=O) groups is 1. The molecule has 2 aliphatic rings. The van der Waals surface area contributed by atoms with Crippen molar-refractivity contribution in [2.75, 3.05) is 0 Å². The Balaban J connectivity index is 2.36. The van der Waals surface area contributed by atoms with E-state index in [1.54, 1.807) is 6.08 Å². The Hall–Kier alpha value is -0.850. The van der Waals surface area contributed by atoms with E-state index in [-0.39, 0.29) is 11.2 Å². The van der Waals surface area contributed by atoms with Gasteiger partial charge in [0.15, 0.2) is 5.78 Å². The van der Waals surface area contributed by atoms with Gasteiger partial charge in [0.05, 0.1) is 0 Å². The maximum absolute atomic E-state index is 11.4. The van der Waals surface area contributed by atoms with Gasteiger partial charge in [-0.1, -0.05) is 32.4 Å². The molecule has 0 aromatic carbocycles. The molecule has 0 radical (unpaired) electrons. The van der Waals surface area contributed by atoms with E-state index in [9.17, 15) is 4.79 Å². The predicted octanol–water partition coefficient (Wildman–Crippen LogP) is 2.88. The Labute approximate surface area is 79.5 Å².